The van der Waals surface area contributed by atoms with E-state index in [1.807, 2.05) is 0 Å². The number of carbonyl (C=O) groups excluding carboxylic acids is 3. The molecule has 1 aliphatic rings. The Kier molecular flexibility index (Phi) is 5.92. The lowest BCUT2D eigenvalue weighted by Crippen LogP contribution is -2.43. The number of sulfonamides is 1. The zero-order valence-corrected chi connectivity index (χ0v) is 18.3. The summed E-state index contributed by atoms with van der Waals surface area (Å²) in [5.41, 5.74) is 0.866. The summed E-state index contributed by atoms with van der Waals surface area (Å²) >= 11 is 0. The summed E-state index contributed by atoms with van der Waals surface area (Å²) < 4.78 is 40.7. The molecule has 168 valence electrons. The lowest BCUT2D eigenvalue weighted by molar-refractivity contribution is -0.117. The first-order valence-corrected chi connectivity index (χ1v) is 11.6. The van der Waals surface area contributed by atoms with Crippen LogP contribution in [0, 0.1) is 5.82 Å². The molecule has 1 atom stereocenters. The van der Waals surface area contributed by atoms with Crippen molar-refractivity contribution in [2.45, 2.75) is 24.3 Å². The Labute approximate surface area is 189 Å². The number of hydrogen-bond acceptors (Lipinski definition) is 5. The van der Waals surface area contributed by atoms with Crippen LogP contribution >= 0.6 is 0 Å². The zero-order chi connectivity index (χ0) is 23.8. The monoisotopic (exact) mass is 466 g/mol. The van der Waals surface area contributed by atoms with Crippen LogP contribution in [0.5, 0.6) is 0 Å². The fraction of sp³-hybridized carbons (Fsp3) is 0.125. The van der Waals surface area contributed by atoms with Gasteiger partial charge >= 0.3 is 0 Å². The number of anilines is 1. The Bertz CT molecular complexity index is 1380. The summed E-state index contributed by atoms with van der Waals surface area (Å²) in [7, 11) is -4.10. The van der Waals surface area contributed by atoms with Gasteiger partial charge in [0.25, 0.3) is 0 Å². The molecule has 3 aromatic carbocycles. The SMILES string of the molecule is CCC(NS(=O)(=O)c1ccc(F)cc1)C(=O)Nc1cccc2c1C(=O)c1ccccc1C2=O. The number of benzene rings is 3. The predicted molar refractivity (Wildman–Crippen MR) is 119 cm³/mol. The van der Waals surface area contributed by atoms with E-state index in [4.69, 9.17) is 0 Å². The van der Waals surface area contributed by atoms with Crippen molar-refractivity contribution in [1.29, 1.82) is 0 Å². The third-order valence-electron chi connectivity index (χ3n) is 5.36. The van der Waals surface area contributed by atoms with Crippen LogP contribution in [0.4, 0.5) is 10.1 Å². The fourth-order valence-corrected chi connectivity index (χ4v) is 4.94. The Balaban J connectivity index is 1.62. The van der Waals surface area contributed by atoms with Crippen molar-refractivity contribution in [3.05, 3.63) is 94.8 Å². The van der Waals surface area contributed by atoms with Crippen LogP contribution in [0.2, 0.25) is 0 Å². The number of halogens is 1. The maximum absolute atomic E-state index is 13.1. The highest BCUT2D eigenvalue weighted by molar-refractivity contribution is 7.89. The van der Waals surface area contributed by atoms with E-state index in [1.54, 1.807) is 31.2 Å². The maximum atomic E-state index is 13.1. The molecule has 0 radical (unpaired) electrons. The summed E-state index contributed by atoms with van der Waals surface area (Å²) in [6.07, 6.45) is 0.108. The molecule has 3 aromatic rings. The van der Waals surface area contributed by atoms with Crippen LogP contribution in [0.1, 0.15) is 45.2 Å². The molecule has 0 bridgehead atoms. The summed E-state index contributed by atoms with van der Waals surface area (Å²) in [5.74, 6) is -2.03. The van der Waals surface area contributed by atoms with Gasteiger partial charge in [0, 0.05) is 16.7 Å². The van der Waals surface area contributed by atoms with Crippen molar-refractivity contribution < 1.29 is 27.2 Å². The van der Waals surface area contributed by atoms with Crippen LogP contribution in [0.25, 0.3) is 0 Å². The first kappa shape index (κ1) is 22.5. The van der Waals surface area contributed by atoms with Gasteiger partial charge in [-0.3, -0.25) is 14.4 Å². The van der Waals surface area contributed by atoms with Gasteiger partial charge in [0.1, 0.15) is 11.9 Å². The van der Waals surface area contributed by atoms with Crippen LogP contribution in [-0.2, 0) is 14.8 Å². The normalized spacial score (nSPS) is 13.8. The highest BCUT2D eigenvalue weighted by atomic mass is 32.2. The minimum absolute atomic E-state index is 0.0609. The second-order valence-electron chi connectivity index (χ2n) is 7.46. The van der Waals surface area contributed by atoms with Crippen molar-refractivity contribution in [1.82, 2.24) is 4.72 Å². The van der Waals surface area contributed by atoms with Gasteiger partial charge in [-0.2, -0.15) is 4.72 Å². The molecule has 7 nitrogen and oxygen atoms in total. The number of nitrogens with one attached hydrogen (secondary N) is 2. The fourth-order valence-electron chi connectivity index (χ4n) is 3.66. The summed E-state index contributed by atoms with van der Waals surface area (Å²) in [4.78, 5) is 38.7. The van der Waals surface area contributed by atoms with Crippen LogP contribution in [-0.4, -0.2) is 31.9 Å². The zero-order valence-electron chi connectivity index (χ0n) is 17.5. The largest absolute Gasteiger partial charge is 0.324 e. The van der Waals surface area contributed by atoms with E-state index in [0.717, 1.165) is 24.3 Å². The predicted octanol–water partition coefficient (Wildman–Crippen LogP) is 3.30. The average Bonchev–Trinajstić information content (AvgIpc) is 2.81. The quantitative estimate of drug-likeness (QED) is 0.453. The molecular formula is C24H19FN2O5S. The molecular weight excluding hydrogens is 447 g/mol. The first-order valence-electron chi connectivity index (χ1n) is 10.1. The van der Waals surface area contributed by atoms with Gasteiger partial charge in [0.2, 0.25) is 15.9 Å². The highest BCUT2D eigenvalue weighted by Crippen LogP contribution is 2.32. The topological polar surface area (TPSA) is 109 Å². The molecule has 1 aliphatic carbocycles. The van der Waals surface area contributed by atoms with Crippen molar-refractivity contribution in [3.8, 4) is 0 Å². The van der Waals surface area contributed by atoms with Gasteiger partial charge in [-0.1, -0.05) is 43.3 Å². The van der Waals surface area contributed by atoms with E-state index in [9.17, 15) is 27.2 Å². The minimum Gasteiger partial charge on any atom is -0.324 e. The van der Waals surface area contributed by atoms with Gasteiger partial charge in [-0.05, 0) is 36.8 Å². The highest BCUT2D eigenvalue weighted by Gasteiger charge is 2.32. The third kappa shape index (κ3) is 4.20. The number of amides is 1. The molecule has 0 saturated heterocycles. The molecule has 1 amide bonds. The van der Waals surface area contributed by atoms with E-state index in [2.05, 4.69) is 10.0 Å². The Morgan fingerprint density at radius 2 is 1.48 bits per heavy atom. The second kappa shape index (κ2) is 8.68. The van der Waals surface area contributed by atoms with E-state index >= 15 is 0 Å². The number of carbonyl (C=O) groups is 3. The summed E-state index contributed by atoms with van der Waals surface area (Å²) in [6, 6.07) is 14.0. The molecule has 0 aromatic heterocycles. The lowest BCUT2D eigenvalue weighted by atomic mass is 9.83. The third-order valence-corrected chi connectivity index (χ3v) is 6.84. The molecule has 0 saturated carbocycles. The molecule has 0 fully saturated rings. The number of hydrogen-bond donors (Lipinski definition) is 2. The smallest absolute Gasteiger partial charge is 0.242 e. The second-order valence-corrected chi connectivity index (χ2v) is 9.17. The Hall–Kier alpha value is -3.69. The Morgan fingerprint density at radius 3 is 2.12 bits per heavy atom. The van der Waals surface area contributed by atoms with E-state index in [1.165, 1.54) is 18.2 Å². The maximum Gasteiger partial charge on any atom is 0.242 e. The van der Waals surface area contributed by atoms with Gasteiger partial charge in [-0.25, -0.2) is 12.8 Å². The van der Waals surface area contributed by atoms with Crippen LogP contribution in [0.15, 0.2) is 71.6 Å². The van der Waals surface area contributed by atoms with Crippen molar-refractivity contribution in [3.63, 3.8) is 0 Å². The molecule has 1 unspecified atom stereocenters. The minimum atomic E-state index is -4.10. The van der Waals surface area contributed by atoms with Crippen molar-refractivity contribution >= 4 is 33.2 Å². The molecule has 0 aliphatic heterocycles. The van der Waals surface area contributed by atoms with Gasteiger partial charge < -0.3 is 5.32 Å². The van der Waals surface area contributed by atoms with Gasteiger partial charge in [0.05, 0.1) is 16.1 Å². The standard InChI is InChI=1S/C24H19FN2O5S/c1-2-19(27-33(31,32)15-12-10-14(25)11-13-15)24(30)26-20-9-5-8-18-21(20)23(29)17-7-4-3-6-16(17)22(18)28/h3-13,19,27H,2H2,1H3,(H,26,30). The lowest BCUT2D eigenvalue weighted by Gasteiger charge is -2.22. The molecule has 9 heteroatoms. The van der Waals surface area contributed by atoms with E-state index in [0.29, 0.717) is 0 Å². The average molecular weight is 466 g/mol. The van der Waals surface area contributed by atoms with E-state index in [-0.39, 0.29) is 45.0 Å². The molecule has 0 spiro atoms. The summed E-state index contributed by atoms with van der Waals surface area (Å²) in [5, 5.41) is 2.59. The first-order chi connectivity index (χ1) is 15.7. The molecule has 4 rings (SSSR count). The number of ketones is 2. The van der Waals surface area contributed by atoms with Crippen molar-refractivity contribution in [2.24, 2.45) is 0 Å². The molecule has 0 heterocycles. The molecule has 2 N–H and O–H groups in total. The van der Waals surface area contributed by atoms with Crippen LogP contribution in [0.3, 0.4) is 0 Å². The van der Waals surface area contributed by atoms with E-state index < -0.39 is 33.6 Å². The summed E-state index contributed by atoms with van der Waals surface area (Å²) in [6.45, 7) is 1.61. The van der Waals surface area contributed by atoms with Crippen LogP contribution < -0.4 is 10.0 Å². The van der Waals surface area contributed by atoms with Crippen molar-refractivity contribution in [2.75, 3.05) is 5.32 Å². The number of fused-ring (bicyclic) bond motifs is 2. The molecule has 33 heavy (non-hydrogen) atoms. The van der Waals surface area contributed by atoms with Gasteiger partial charge in [-0.15, -0.1) is 0 Å². The number of rotatable bonds is 6. The Morgan fingerprint density at radius 1 is 0.879 bits per heavy atom. The van der Waals surface area contributed by atoms with Gasteiger partial charge in [0.15, 0.2) is 11.6 Å².